The van der Waals surface area contributed by atoms with E-state index in [1.54, 1.807) is 6.20 Å². The molecule has 1 aromatic rings. The summed E-state index contributed by atoms with van der Waals surface area (Å²) < 4.78 is 0. The van der Waals surface area contributed by atoms with E-state index in [1.165, 1.54) is 32.1 Å². The van der Waals surface area contributed by atoms with Gasteiger partial charge in [-0.1, -0.05) is 32.1 Å². The summed E-state index contributed by atoms with van der Waals surface area (Å²) in [7, 11) is 0. The number of nitrogens with one attached hydrogen (secondary N) is 1. The number of rotatable bonds is 2. The number of carbonyl (C=O) groups is 1. The highest BCUT2D eigenvalue weighted by atomic mass is 16.1. The quantitative estimate of drug-likeness (QED) is 0.870. The Morgan fingerprint density at radius 2 is 1.83 bits per heavy atom. The Bertz CT molecular complexity index is 378. The van der Waals surface area contributed by atoms with Crippen LogP contribution >= 0.6 is 0 Å². The van der Waals surface area contributed by atoms with Crippen molar-refractivity contribution >= 4 is 5.91 Å². The number of hydrogen-bond acceptors (Lipinski definition) is 2. The van der Waals surface area contributed by atoms with Gasteiger partial charge in [0.2, 0.25) is 0 Å². The molecule has 2 rings (SSSR count). The Hall–Kier alpha value is -1.38. The van der Waals surface area contributed by atoms with Crippen molar-refractivity contribution in [2.24, 2.45) is 0 Å². The zero-order chi connectivity index (χ0) is 12.8. The summed E-state index contributed by atoms with van der Waals surface area (Å²) in [5, 5.41) is 3.14. The molecule has 0 atom stereocenters. The van der Waals surface area contributed by atoms with Crippen LogP contribution in [0.2, 0.25) is 0 Å². The summed E-state index contributed by atoms with van der Waals surface area (Å²) >= 11 is 0. The monoisotopic (exact) mass is 246 g/mol. The molecular weight excluding hydrogens is 224 g/mol. The number of amides is 1. The number of aryl methyl sites for hydroxylation is 1. The van der Waals surface area contributed by atoms with Gasteiger partial charge in [0.05, 0.1) is 5.56 Å². The van der Waals surface area contributed by atoms with Gasteiger partial charge in [0.25, 0.3) is 5.91 Å². The second-order valence-electron chi connectivity index (χ2n) is 5.20. The Morgan fingerprint density at radius 1 is 1.17 bits per heavy atom. The van der Waals surface area contributed by atoms with Gasteiger partial charge in [0.1, 0.15) is 0 Å². The highest BCUT2D eigenvalue weighted by molar-refractivity contribution is 5.94. The molecule has 0 aromatic carbocycles. The molecule has 0 saturated heterocycles. The summed E-state index contributed by atoms with van der Waals surface area (Å²) in [6, 6.07) is 4.08. The first-order valence-electron chi connectivity index (χ1n) is 6.99. The molecule has 0 aliphatic heterocycles. The molecule has 1 N–H and O–H groups in total. The topological polar surface area (TPSA) is 42.0 Å². The summed E-state index contributed by atoms with van der Waals surface area (Å²) in [6.07, 6.45) is 10.3. The van der Waals surface area contributed by atoms with Crippen LogP contribution in [-0.4, -0.2) is 16.9 Å². The molecule has 1 aliphatic carbocycles. The van der Waals surface area contributed by atoms with Gasteiger partial charge in [0.15, 0.2) is 0 Å². The Balaban J connectivity index is 1.91. The van der Waals surface area contributed by atoms with Crippen LogP contribution in [0.5, 0.6) is 0 Å². The highest BCUT2D eigenvalue weighted by Gasteiger charge is 2.15. The maximum atomic E-state index is 12.1. The van der Waals surface area contributed by atoms with E-state index in [0.29, 0.717) is 11.6 Å². The van der Waals surface area contributed by atoms with Gasteiger partial charge in [-0.2, -0.15) is 0 Å². The maximum absolute atomic E-state index is 12.1. The van der Waals surface area contributed by atoms with E-state index < -0.39 is 0 Å². The fraction of sp³-hybridized carbons (Fsp3) is 0.600. The second kappa shape index (κ2) is 6.53. The average molecular weight is 246 g/mol. The van der Waals surface area contributed by atoms with E-state index in [2.05, 4.69) is 10.3 Å². The summed E-state index contributed by atoms with van der Waals surface area (Å²) in [5.74, 6) is 0.0214. The first-order chi connectivity index (χ1) is 8.75. The van der Waals surface area contributed by atoms with Crippen molar-refractivity contribution < 1.29 is 4.79 Å². The van der Waals surface area contributed by atoms with Crippen LogP contribution in [0, 0.1) is 6.92 Å². The lowest BCUT2D eigenvalue weighted by Crippen LogP contribution is -2.35. The van der Waals surface area contributed by atoms with Gasteiger partial charge in [-0.25, -0.2) is 0 Å². The highest BCUT2D eigenvalue weighted by Crippen LogP contribution is 2.17. The molecule has 0 unspecified atom stereocenters. The van der Waals surface area contributed by atoms with Gasteiger partial charge in [-0.15, -0.1) is 0 Å². The van der Waals surface area contributed by atoms with Gasteiger partial charge in [-0.3, -0.25) is 9.78 Å². The predicted molar refractivity (Wildman–Crippen MR) is 72.5 cm³/mol. The zero-order valence-corrected chi connectivity index (χ0v) is 11.1. The molecule has 0 bridgehead atoms. The fourth-order valence-corrected chi connectivity index (χ4v) is 2.47. The number of carbonyl (C=O) groups excluding carboxylic acids is 1. The van der Waals surface area contributed by atoms with Crippen LogP contribution in [0.3, 0.4) is 0 Å². The van der Waals surface area contributed by atoms with Gasteiger partial charge in [-0.05, 0) is 31.9 Å². The van der Waals surface area contributed by atoms with E-state index >= 15 is 0 Å². The number of hydrogen-bond donors (Lipinski definition) is 1. The van der Waals surface area contributed by atoms with Crippen LogP contribution in [0.25, 0.3) is 0 Å². The smallest absolute Gasteiger partial charge is 0.253 e. The molecular formula is C15H22N2O. The van der Waals surface area contributed by atoms with E-state index in [4.69, 9.17) is 0 Å². The zero-order valence-electron chi connectivity index (χ0n) is 11.1. The maximum Gasteiger partial charge on any atom is 0.253 e. The van der Waals surface area contributed by atoms with Crippen molar-refractivity contribution in [3.8, 4) is 0 Å². The molecule has 1 aromatic heterocycles. The van der Waals surface area contributed by atoms with Gasteiger partial charge < -0.3 is 5.32 Å². The minimum atomic E-state index is 0.0214. The molecule has 98 valence electrons. The minimum absolute atomic E-state index is 0.0214. The SMILES string of the molecule is Cc1ccc(C(=O)NC2CCCCCCC2)cn1. The van der Waals surface area contributed by atoms with Crippen molar-refractivity contribution in [1.82, 2.24) is 10.3 Å². The lowest BCUT2D eigenvalue weighted by Gasteiger charge is -2.21. The number of pyridine rings is 1. The first kappa shape index (κ1) is 13.1. The minimum Gasteiger partial charge on any atom is -0.349 e. The lowest BCUT2D eigenvalue weighted by molar-refractivity contribution is 0.0930. The Labute approximate surface area is 109 Å². The largest absolute Gasteiger partial charge is 0.349 e. The predicted octanol–water partition coefficient (Wildman–Crippen LogP) is 3.23. The standard InChI is InChI=1S/C15H22N2O/c1-12-9-10-13(11-16-12)15(18)17-14-7-5-3-2-4-6-8-14/h9-11,14H,2-8H2,1H3,(H,17,18). The molecule has 1 aliphatic rings. The van der Waals surface area contributed by atoms with Crippen LogP contribution in [0.15, 0.2) is 18.3 Å². The summed E-state index contributed by atoms with van der Waals surface area (Å²) in [5.41, 5.74) is 1.61. The molecule has 1 amide bonds. The molecule has 1 heterocycles. The lowest BCUT2D eigenvalue weighted by atomic mass is 9.96. The summed E-state index contributed by atoms with van der Waals surface area (Å²) in [4.78, 5) is 16.2. The van der Waals surface area contributed by atoms with Crippen LogP contribution in [0.1, 0.15) is 61.0 Å². The third kappa shape index (κ3) is 3.83. The van der Waals surface area contributed by atoms with Gasteiger partial charge in [0, 0.05) is 17.9 Å². The molecule has 18 heavy (non-hydrogen) atoms. The Kier molecular flexibility index (Phi) is 4.73. The second-order valence-corrected chi connectivity index (χ2v) is 5.20. The van der Waals surface area contributed by atoms with Crippen LogP contribution < -0.4 is 5.32 Å². The molecule has 0 radical (unpaired) electrons. The van der Waals surface area contributed by atoms with Crippen molar-refractivity contribution in [3.05, 3.63) is 29.6 Å². The van der Waals surface area contributed by atoms with Crippen molar-refractivity contribution in [2.75, 3.05) is 0 Å². The van der Waals surface area contributed by atoms with Gasteiger partial charge >= 0.3 is 0 Å². The third-order valence-corrected chi connectivity index (χ3v) is 3.61. The van der Waals surface area contributed by atoms with Crippen molar-refractivity contribution in [2.45, 2.75) is 57.9 Å². The molecule has 1 saturated carbocycles. The molecule has 0 spiro atoms. The van der Waals surface area contributed by atoms with Crippen LogP contribution in [-0.2, 0) is 0 Å². The molecule has 1 fully saturated rings. The van der Waals surface area contributed by atoms with E-state index in [1.807, 2.05) is 19.1 Å². The van der Waals surface area contributed by atoms with E-state index in [-0.39, 0.29) is 5.91 Å². The van der Waals surface area contributed by atoms with Crippen LogP contribution in [0.4, 0.5) is 0 Å². The number of aromatic nitrogens is 1. The molecule has 3 heteroatoms. The normalized spacial score (nSPS) is 17.8. The van der Waals surface area contributed by atoms with E-state index in [9.17, 15) is 4.79 Å². The van der Waals surface area contributed by atoms with Crippen molar-refractivity contribution in [3.63, 3.8) is 0 Å². The molecule has 3 nitrogen and oxygen atoms in total. The van der Waals surface area contributed by atoms with E-state index in [0.717, 1.165) is 18.5 Å². The Morgan fingerprint density at radius 3 is 2.44 bits per heavy atom. The number of nitrogens with zero attached hydrogens (tertiary/aromatic N) is 1. The summed E-state index contributed by atoms with van der Waals surface area (Å²) in [6.45, 7) is 1.93. The van der Waals surface area contributed by atoms with Crippen molar-refractivity contribution in [1.29, 1.82) is 0 Å². The average Bonchev–Trinajstić information content (AvgIpc) is 2.33. The third-order valence-electron chi connectivity index (χ3n) is 3.61. The fourth-order valence-electron chi connectivity index (χ4n) is 2.47. The first-order valence-corrected chi connectivity index (χ1v) is 6.99.